The van der Waals surface area contributed by atoms with E-state index in [1.54, 1.807) is 4.90 Å². The molecule has 0 unspecified atom stereocenters. The van der Waals surface area contributed by atoms with Crippen LogP contribution in [0.4, 0.5) is 4.79 Å². The zero-order valence-corrected chi connectivity index (χ0v) is 15.6. The van der Waals surface area contributed by atoms with Crippen molar-refractivity contribution in [3.63, 3.8) is 0 Å². The number of primary amides is 1. The third kappa shape index (κ3) is 4.99. The van der Waals surface area contributed by atoms with Gasteiger partial charge in [-0.2, -0.15) is 0 Å². The molecule has 5 nitrogen and oxygen atoms in total. The Hall–Kier alpha value is -2.04. The van der Waals surface area contributed by atoms with Gasteiger partial charge < -0.3 is 15.5 Å². The number of benzene rings is 1. The second-order valence-electron chi connectivity index (χ2n) is 7.77. The summed E-state index contributed by atoms with van der Waals surface area (Å²) in [5.41, 5.74) is 6.79. The Morgan fingerprint density at radius 3 is 2.42 bits per heavy atom. The summed E-state index contributed by atoms with van der Waals surface area (Å²) in [5.74, 6) is 0.890. The highest BCUT2D eigenvalue weighted by molar-refractivity contribution is 5.80. The van der Waals surface area contributed by atoms with Crippen LogP contribution in [0.2, 0.25) is 0 Å². The molecule has 2 saturated heterocycles. The highest BCUT2D eigenvalue weighted by atomic mass is 16.2. The number of nitrogens with two attached hydrogens (primary N) is 1. The van der Waals surface area contributed by atoms with E-state index in [2.05, 4.69) is 30.3 Å². The molecule has 2 aliphatic rings. The number of aryl methyl sites for hydroxylation is 1. The zero-order chi connectivity index (χ0) is 18.4. The second kappa shape index (κ2) is 9.06. The molecular weight excluding hydrogens is 326 g/mol. The van der Waals surface area contributed by atoms with Gasteiger partial charge in [-0.3, -0.25) is 4.79 Å². The van der Waals surface area contributed by atoms with Crippen LogP contribution in [0.15, 0.2) is 30.3 Å². The Morgan fingerprint density at radius 2 is 1.73 bits per heavy atom. The Morgan fingerprint density at radius 1 is 1.00 bits per heavy atom. The lowest BCUT2D eigenvalue weighted by Gasteiger charge is -2.37. The molecule has 0 saturated carbocycles. The maximum absolute atomic E-state index is 12.8. The quantitative estimate of drug-likeness (QED) is 0.880. The molecule has 142 valence electrons. The predicted octanol–water partition coefficient (Wildman–Crippen LogP) is 3.04. The first kappa shape index (κ1) is 18.7. The van der Waals surface area contributed by atoms with Crippen LogP contribution in [-0.4, -0.2) is 47.9 Å². The number of carbonyl (C=O) groups excluding carboxylic acids is 2. The van der Waals surface area contributed by atoms with E-state index in [1.165, 1.54) is 18.4 Å². The van der Waals surface area contributed by atoms with Crippen molar-refractivity contribution in [2.75, 3.05) is 26.2 Å². The normalized spacial score (nSPS) is 21.6. The number of nitrogens with zero attached hydrogens (tertiary/aromatic N) is 2. The first-order valence-electron chi connectivity index (χ1n) is 10.0. The maximum atomic E-state index is 12.8. The molecule has 0 aliphatic carbocycles. The number of likely N-dealkylation sites (tertiary alicyclic amines) is 2. The number of carbonyl (C=O) groups is 2. The molecular formula is C21H31N3O2. The standard InChI is InChI=1S/C21H31N3O2/c22-21(26)24-13-5-10-19(16-24)20(25)23-14-11-18(12-15-23)9-4-8-17-6-2-1-3-7-17/h1-3,6-7,18-19H,4-5,8-16H2,(H2,22,26)/t19-/m1/s1. The highest BCUT2D eigenvalue weighted by Crippen LogP contribution is 2.26. The molecule has 2 fully saturated rings. The van der Waals surface area contributed by atoms with E-state index >= 15 is 0 Å². The van der Waals surface area contributed by atoms with Gasteiger partial charge in [0.25, 0.3) is 0 Å². The monoisotopic (exact) mass is 357 g/mol. The highest BCUT2D eigenvalue weighted by Gasteiger charge is 2.32. The second-order valence-corrected chi connectivity index (χ2v) is 7.77. The van der Waals surface area contributed by atoms with Crippen LogP contribution in [0.1, 0.15) is 44.1 Å². The molecule has 1 atom stereocenters. The van der Waals surface area contributed by atoms with Crippen molar-refractivity contribution in [1.82, 2.24) is 9.80 Å². The number of piperidine rings is 2. The molecule has 2 N–H and O–H groups in total. The summed E-state index contributed by atoms with van der Waals surface area (Å²) in [6, 6.07) is 10.3. The molecule has 26 heavy (non-hydrogen) atoms. The molecule has 1 aromatic carbocycles. The maximum Gasteiger partial charge on any atom is 0.314 e. The summed E-state index contributed by atoms with van der Waals surface area (Å²) < 4.78 is 0. The van der Waals surface area contributed by atoms with Crippen molar-refractivity contribution in [2.24, 2.45) is 17.6 Å². The lowest BCUT2D eigenvalue weighted by atomic mass is 9.89. The number of urea groups is 1. The topological polar surface area (TPSA) is 66.6 Å². The van der Waals surface area contributed by atoms with Crippen molar-refractivity contribution in [3.8, 4) is 0 Å². The van der Waals surface area contributed by atoms with E-state index in [-0.39, 0.29) is 11.8 Å². The van der Waals surface area contributed by atoms with Gasteiger partial charge in [0.1, 0.15) is 0 Å². The lowest BCUT2D eigenvalue weighted by molar-refractivity contribution is -0.138. The van der Waals surface area contributed by atoms with Crippen molar-refractivity contribution in [1.29, 1.82) is 0 Å². The summed E-state index contributed by atoms with van der Waals surface area (Å²) in [7, 11) is 0. The molecule has 0 aromatic heterocycles. The fraction of sp³-hybridized carbons (Fsp3) is 0.619. The Bertz CT molecular complexity index is 597. The molecule has 5 heteroatoms. The van der Waals surface area contributed by atoms with Gasteiger partial charge in [0, 0.05) is 26.2 Å². The van der Waals surface area contributed by atoms with Gasteiger partial charge in [-0.1, -0.05) is 30.3 Å². The van der Waals surface area contributed by atoms with Crippen LogP contribution in [0.3, 0.4) is 0 Å². The van der Waals surface area contributed by atoms with Crippen LogP contribution in [0.5, 0.6) is 0 Å². The van der Waals surface area contributed by atoms with Crippen molar-refractivity contribution < 1.29 is 9.59 Å². The Labute approximate surface area is 156 Å². The predicted molar refractivity (Wildman–Crippen MR) is 103 cm³/mol. The van der Waals surface area contributed by atoms with E-state index in [0.717, 1.165) is 51.1 Å². The van der Waals surface area contributed by atoms with Gasteiger partial charge in [0.05, 0.1) is 5.92 Å². The first-order valence-corrected chi connectivity index (χ1v) is 10.0. The SMILES string of the molecule is NC(=O)N1CCC[C@@H](C(=O)N2CCC(CCCc3ccccc3)CC2)C1. The summed E-state index contributed by atoms with van der Waals surface area (Å²) in [5, 5.41) is 0. The molecule has 3 amide bonds. The van der Waals surface area contributed by atoms with Crippen LogP contribution in [0, 0.1) is 11.8 Å². The van der Waals surface area contributed by atoms with E-state index < -0.39 is 6.03 Å². The third-order valence-corrected chi connectivity index (χ3v) is 5.93. The minimum absolute atomic E-state index is 0.0640. The summed E-state index contributed by atoms with van der Waals surface area (Å²) in [6.45, 7) is 2.90. The van der Waals surface area contributed by atoms with Crippen molar-refractivity contribution in [2.45, 2.75) is 44.9 Å². The zero-order valence-electron chi connectivity index (χ0n) is 15.6. The molecule has 3 rings (SSSR count). The lowest BCUT2D eigenvalue weighted by Crippen LogP contribution is -2.49. The molecule has 0 radical (unpaired) electrons. The Balaban J connectivity index is 1.39. The van der Waals surface area contributed by atoms with Crippen LogP contribution in [-0.2, 0) is 11.2 Å². The van der Waals surface area contributed by atoms with E-state index in [4.69, 9.17) is 5.73 Å². The van der Waals surface area contributed by atoms with E-state index in [1.807, 2.05) is 4.90 Å². The molecule has 2 heterocycles. The summed E-state index contributed by atoms with van der Waals surface area (Å²) >= 11 is 0. The first-order chi connectivity index (χ1) is 12.6. The van der Waals surface area contributed by atoms with Crippen LogP contribution >= 0.6 is 0 Å². The van der Waals surface area contributed by atoms with Crippen LogP contribution < -0.4 is 5.73 Å². The largest absolute Gasteiger partial charge is 0.351 e. The van der Waals surface area contributed by atoms with Gasteiger partial charge >= 0.3 is 6.03 Å². The molecule has 0 spiro atoms. The number of rotatable bonds is 5. The van der Waals surface area contributed by atoms with Gasteiger partial charge in [0.15, 0.2) is 0 Å². The van der Waals surface area contributed by atoms with Crippen LogP contribution in [0.25, 0.3) is 0 Å². The van der Waals surface area contributed by atoms with Gasteiger partial charge in [-0.05, 0) is 56.4 Å². The van der Waals surface area contributed by atoms with Crippen molar-refractivity contribution >= 4 is 11.9 Å². The number of hydrogen-bond donors (Lipinski definition) is 1. The average Bonchev–Trinajstić information content (AvgIpc) is 2.69. The number of hydrogen-bond acceptors (Lipinski definition) is 2. The van der Waals surface area contributed by atoms with Gasteiger partial charge in [0.2, 0.25) is 5.91 Å². The average molecular weight is 357 g/mol. The Kier molecular flexibility index (Phi) is 6.53. The molecule has 2 aliphatic heterocycles. The third-order valence-electron chi connectivity index (χ3n) is 5.93. The molecule has 0 bridgehead atoms. The minimum Gasteiger partial charge on any atom is -0.351 e. The van der Waals surface area contributed by atoms with Crippen molar-refractivity contribution in [3.05, 3.63) is 35.9 Å². The summed E-state index contributed by atoms with van der Waals surface area (Å²) in [6.07, 6.45) is 7.56. The number of amides is 3. The van der Waals surface area contributed by atoms with Gasteiger partial charge in [-0.15, -0.1) is 0 Å². The van der Waals surface area contributed by atoms with E-state index in [9.17, 15) is 9.59 Å². The fourth-order valence-corrected chi connectivity index (χ4v) is 4.32. The summed E-state index contributed by atoms with van der Waals surface area (Å²) in [4.78, 5) is 27.8. The van der Waals surface area contributed by atoms with E-state index in [0.29, 0.717) is 13.1 Å². The minimum atomic E-state index is -0.403. The fourth-order valence-electron chi connectivity index (χ4n) is 4.32. The van der Waals surface area contributed by atoms with Gasteiger partial charge in [-0.25, -0.2) is 4.79 Å². The molecule has 1 aromatic rings. The smallest absolute Gasteiger partial charge is 0.314 e.